The Morgan fingerprint density at radius 1 is 1.33 bits per heavy atom. The van der Waals surface area contributed by atoms with Gasteiger partial charge in [-0.3, -0.25) is 0 Å². The first kappa shape index (κ1) is 23.3. The Kier molecular flexibility index (Phi) is 98.2. The van der Waals surface area contributed by atoms with E-state index in [0.717, 1.165) is 0 Å². The fourth-order valence-corrected chi connectivity index (χ4v) is 0. The fourth-order valence-electron chi connectivity index (χ4n) is 0. The van der Waals surface area contributed by atoms with Gasteiger partial charge in [0.05, 0.1) is 0 Å². The van der Waals surface area contributed by atoms with Crippen molar-refractivity contribution in [1.82, 2.24) is 0 Å². The van der Waals surface area contributed by atoms with Gasteiger partial charge in [-0.15, -0.1) is 0 Å². The summed E-state index contributed by atoms with van der Waals surface area (Å²) in [5, 5.41) is 8.25. The minimum Gasteiger partial charge on any atom is -0.870 e. The van der Waals surface area contributed by atoms with Crippen molar-refractivity contribution in [3.05, 3.63) is 0 Å². The van der Waals surface area contributed by atoms with Crippen LogP contribution in [0.5, 0.6) is 0 Å². The normalized spacial score (nSPS) is 2.00. The van der Waals surface area contributed by atoms with E-state index in [4.69, 9.17) is 9.90 Å². The van der Waals surface area contributed by atoms with Crippen molar-refractivity contribution in [3.63, 3.8) is 0 Å². The van der Waals surface area contributed by atoms with Gasteiger partial charge in [-0.25, -0.2) is 0 Å². The molecule has 6 heavy (non-hydrogen) atoms. The molecule has 0 fully saturated rings. The number of hydrogen-bond acceptors (Lipinski definition) is 3. The first-order valence-corrected chi connectivity index (χ1v) is 0.471. The van der Waals surface area contributed by atoms with Crippen molar-refractivity contribution >= 4 is 6.47 Å². The Morgan fingerprint density at radius 3 is 1.33 bits per heavy atom. The molecule has 0 rings (SSSR count). The van der Waals surface area contributed by atoms with E-state index in [1.54, 1.807) is 0 Å². The third-order valence-electron chi connectivity index (χ3n) is 0. The van der Waals surface area contributed by atoms with E-state index in [1.165, 1.54) is 0 Å². The van der Waals surface area contributed by atoms with E-state index in [1.807, 2.05) is 0 Å². The van der Waals surface area contributed by atoms with Crippen LogP contribution in [0.3, 0.4) is 0 Å². The van der Waals surface area contributed by atoms with Crippen LogP contribution in [0, 0.1) is 0 Å². The molecule has 5 heteroatoms. The topological polar surface area (TPSA) is 70.1 Å². The van der Waals surface area contributed by atoms with E-state index in [2.05, 4.69) is 0 Å². The van der Waals surface area contributed by atoms with Gasteiger partial charge in [0.25, 0.3) is 0 Å². The van der Waals surface area contributed by atoms with Gasteiger partial charge in [0, 0.05) is 6.47 Å². The Hall–Kier alpha value is 2.70. The molecule has 0 unspecified atom stereocenters. The van der Waals surface area contributed by atoms with E-state index in [0.29, 0.717) is 0 Å². The van der Waals surface area contributed by atoms with E-state index in [9.17, 15) is 0 Å². The molecule has 0 aliphatic carbocycles. The molecule has 0 aliphatic rings. The van der Waals surface area contributed by atoms with Gasteiger partial charge in [-0.2, -0.15) is 0 Å². The Bertz CT molecular complexity index is 16.3. The Balaban J connectivity index is -0.00000000667. The zero-order chi connectivity index (χ0) is 2.71. The minimum atomic E-state index is -0.500. The van der Waals surface area contributed by atoms with Crippen LogP contribution in [0.4, 0.5) is 0 Å². The molecule has 0 radical (unpaired) electrons. The van der Waals surface area contributed by atoms with Gasteiger partial charge in [0.2, 0.25) is 0 Å². The van der Waals surface area contributed by atoms with Crippen molar-refractivity contribution in [2.24, 2.45) is 0 Å². The predicted octanol–water partition coefficient (Wildman–Crippen LogP) is -7.80. The van der Waals surface area contributed by atoms with Crippen molar-refractivity contribution in [3.8, 4) is 0 Å². The van der Waals surface area contributed by atoms with Crippen molar-refractivity contribution in [2.75, 3.05) is 0 Å². The summed E-state index contributed by atoms with van der Waals surface area (Å²) in [6.45, 7) is -0.500. The van der Waals surface area contributed by atoms with E-state index >= 15 is 0 Å². The second-order valence-corrected chi connectivity index (χ2v) is 0.0962. The molecule has 0 bridgehead atoms. The molecular weight excluding hydrogens is 138 g/mol. The van der Waals surface area contributed by atoms with Crippen LogP contribution in [-0.4, -0.2) is 11.9 Å². The van der Waals surface area contributed by atoms with Crippen LogP contribution < -0.4 is 108 Å². The van der Waals surface area contributed by atoms with E-state index < -0.39 is 6.47 Å². The van der Waals surface area contributed by atoms with E-state index in [-0.39, 0.29) is 108 Å². The van der Waals surface area contributed by atoms with Gasteiger partial charge in [-0.05, 0) is 0 Å². The minimum absolute atomic E-state index is 0. The monoisotopic (exact) mass is 140 g/mol. The number of rotatable bonds is 0. The quantitative estimate of drug-likeness (QED) is 0.248. The van der Waals surface area contributed by atoms with Crippen molar-refractivity contribution in [2.45, 2.75) is 0 Å². The van der Waals surface area contributed by atoms with Crippen LogP contribution in [0.25, 0.3) is 0 Å². The molecule has 0 saturated carbocycles. The maximum Gasteiger partial charge on any atom is 1.00 e. The van der Waals surface area contributed by atoms with Gasteiger partial charge in [0.15, 0.2) is 0 Å². The van der Waals surface area contributed by atoms with Crippen LogP contribution >= 0.6 is 0 Å². The fraction of sp³-hybridized carbons (Fsp3) is 0. The summed E-state index contributed by atoms with van der Waals surface area (Å²) in [6.07, 6.45) is 0. The van der Waals surface area contributed by atoms with Crippen LogP contribution in [-0.2, 0) is 4.79 Å². The molecule has 0 spiro atoms. The molecule has 0 aromatic rings. The van der Waals surface area contributed by atoms with Crippen molar-refractivity contribution < 1.29 is 118 Å². The smallest absolute Gasteiger partial charge is 0.870 e. The average molecular weight is 140 g/mol. The average Bonchev–Trinajstić information content (AvgIpc) is 0.918. The standard InChI is InChI=1S/CH2O2.2K.H2O/c2-1-3;;;/h1H,(H,2,3);;;1H2/q;2*+1;/p-2. The molecule has 0 aromatic carbocycles. The largest absolute Gasteiger partial charge is 1.00 e. The molecule has 0 amide bonds. The number of carboxylic acid groups (broad SMARTS) is 1. The molecule has 1 N–H and O–H groups in total. The molecule has 0 atom stereocenters. The zero-order valence-electron chi connectivity index (χ0n) is 3.84. The molecule has 0 saturated heterocycles. The molecule has 0 aromatic heterocycles. The van der Waals surface area contributed by atoms with Gasteiger partial charge in [-0.1, -0.05) is 0 Å². The van der Waals surface area contributed by atoms with Gasteiger partial charge >= 0.3 is 103 Å². The Morgan fingerprint density at radius 2 is 1.33 bits per heavy atom. The Labute approximate surface area is 121 Å². The first-order valence-electron chi connectivity index (χ1n) is 0.471. The SMILES string of the molecule is O=C[O-].[K+].[K+].[OH-]. The first-order chi connectivity index (χ1) is 1.41. The van der Waals surface area contributed by atoms with Crippen LogP contribution in [0.1, 0.15) is 0 Å². The molecule has 3 nitrogen and oxygen atoms in total. The summed E-state index contributed by atoms with van der Waals surface area (Å²) in [7, 11) is 0. The number of hydrogen-bond donors (Lipinski definition) is 0. The second-order valence-electron chi connectivity index (χ2n) is 0.0962. The summed E-state index contributed by atoms with van der Waals surface area (Å²) in [6, 6.07) is 0. The third kappa shape index (κ3) is 29.8. The van der Waals surface area contributed by atoms with Gasteiger partial charge in [0.1, 0.15) is 0 Å². The molecular formula is CH2K2O3. The maximum atomic E-state index is 8.25. The van der Waals surface area contributed by atoms with Crippen molar-refractivity contribution in [1.29, 1.82) is 0 Å². The maximum absolute atomic E-state index is 8.25. The van der Waals surface area contributed by atoms with Crippen LogP contribution in [0.15, 0.2) is 0 Å². The summed E-state index contributed by atoms with van der Waals surface area (Å²) >= 11 is 0. The number of carbonyl (C=O) groups is 1. The summed E-state index contributed by atoms with van der Waals surface area (Å²) in [5.41, 5.74) is 0. The predicted molar refractivity (Wildman–Crippen MR) is 8.00 cm³/mol. The molecule has 0 aliphatic heterocycles. The van der Waals surface area contributed by atoms with Crippen LogP contribution in [0.2, 0.25) is 0 Å². The summed E-state index contributed by atoms with van der Waals surface area (Å²) in [4.78, 5) is 8.25. The molecule has 0 heterocycles. The second kappa shape index (κ2) is 25.2. The summed E-state index contributed by atoms with van der Waals surface area (Å²) in [5.74, 6) is 0. The number of carbonyl (C=O) groups excluding carboxylic acids is 1. The third-order valence-corrected chi connectivity index (χ3v) is 0. The summed E-state index contributed by atoms with van der Waals surface area (Å²) < 4.78 is 0. The zero-order valence-corrected chi connectivity index (χ0v) is 10.1. The molecule has 26 valence electrons. The van der Waals surface area contributed by atoms with Gasteiger partial charge < -0.3 is 15.4 Å².